The normalized spacial score (nSPS) is 26.3. The van der Waals surface area contributed by atoms with Crippen LogP contribution in [-0.4, -0.2) is 37.3 Å². The van der Waals surface area contributed by atoms with Gasteiger partial charge in [0.2, 0.25) is 0 Å². The number of rotatable bonds is 4. The van der Waals surface area contributed by atoms with Crippen LogP contribution in [0.2, 0.25) is 0 Å². The van der Waals surface area contributed by atoms with Gasteiger partial charge in [-0.05, 0) is 19.4 Å². The zero-order valence-electron chi connectivity index (χ0n) is 8.88. The molecule has 2 atom stereocenters. The van der Waals surface area contributed by atoms with Gasteiger partial charge >= 0.3 is 0 Å². The Kier molecular flexibility index (Phi) is 5.14. The molecule has 0 radical (unpaired) electrons. The lowest BCUT2D eigenvalue weighted by Crippen LogP contribution is -2.43. The lowest BCUT2D eigenvalue weighted by atomic mass is 10.00. The Labute approximate surface area is 85.8 Å². The van der Waals surface area contributed by atoms with Gasteiger partial charge in [0.25, 0.3) is 0 Å². The van der Waals surface area contributed by atoms with Crippen molar-refractivity contribution in [1.82, 2.24) is 5.32 Å². The fourth-order valence-electron chi connectivity index (χ4n) is 1.70. The van der Waals surface area contributed by atoms with Gasteiger partial charge in [0, 0.05) is 17.5 Å². The van der Waals surface area contributed by atoms with Gasteiger partial charge in [-0.1, -0.05) is 13.8 Å². The summed E-state index contributed by atoms with van der Waals surface area (Å²) in [7, 11) is 2.04. The van der Waals surface area contributed by atoms with Crippen LogP contribution in [-0.2, 0) is 4.74 Å². The molecule has 2 nitrogen and oxygen atoms in total. The second-order valence-corrected chi connectivity index (χ2v) is 5.16. The van der Waals surface area contributed by atoms with Crippen molar-refractivity contribution in [3.05, 3.63) is 0 Å². The zero-order valence-corrected chi connectivity index (χ0v) is 9.69. The first-order valence-corrected chi connectivity index (χ1v) is 6.26. The number of thioether (sulfide) groups is 1. The molecule has 0 amide bonds. The lowest BCUT2D eigenvalue weighted by molar-refractivity contribution is 0.0436. The summed E-state index contributed by atoms with van der Waals surface area (Å²) in [5, 5.41) is 3.36. The maximum atomic E-state index is 5.75. The van der Waals surface area contributed by atoms with Crippen molar-refractivity contribution in [2.75, 3.05) is 25.2 Å². The van der Waals surface area contributed by atoms with Crippen LogP contribution in [0.3, 0.4) is 0 Å². The van der Waals surface area contributed by atoms with Crippen LogP contribution >= 0.6 is 11.8 Å². The molecule has 3 heteroatoms. The van der Waals surface area contributed by atoms with Crippen molar-refractivity contribution < 1.29 is 4.74 Å². The molecule has 1 N–H and O–H groups in total. The minimum absolute atomic E-state index is 0.422. The molecule has 1 rings (SSSR count). The van der Waals surface area contributed by atoms with Gasteiger partial charge in [-0.15, -0.1) is 0 Å². The van der Waals surface area contributed by atoms with Crippen LogP contribution in [0.25, 0.3) is 0 Å². The minimum Gasteiger partial charge on any atom is -0.375 e. The predicted molar refractivity (Wildman–Crippen MR) is 59.4 cm³/mol. The molecule has 1 saturated heterocycles. The first-order valence-electron chi connectivity index (χ1n) is 5.10. The summed E-state index contributed by atoms with van der Waals surface area (Å²) < 4.78 is 5.75. The third kappa shape index (κ3) is 3.88. The van der Waals surface area contributed by atoms with Gasteiger partial charge in [-0.2, -0.15) is 11.8 Å². The van der Waals surface area contributed by atoms with Crippen molar-refractivity contribution in [3.63, 3.8) is 0 Å². The van der Waals surface area contributed by atoms with E-state index in [1.165, 1.54) is 6.42 Å². The number of hydrogen-bond acceptors (Lipinski definition) is 3. The highest BCUT2D eigenvalue weighted by molar-refractivity contribution is 7.99. The largest absolute Gasteiger partial charge is 0.375 e. The molecule has 13 heavy (non-hydrogen) atoms. The molecule has 0 aromatic carbocycles. The molecule has 0 saturated carbocycles. The van der Waals surface area contributed by atoms with Gasteiger partial charge in [-0.3, -0.25) is 0 Å². The van der Waals surface area contributed by atoms with E-state index in [0.29, 0.717) is 12.1 Å². The predicted octanol–water partition coefficient (Wildman–Crippen LogP) is 1.75. The van der Waals surface area contributed by atoms with Crippen molar-refractivity contribution in [3.8, 4) is 0 Å². The molecule has 0 aromatic rings. The van der Waals surface area contributed by atoms with E-state index in [9.17, 15) is 0 Å². The van der Waals surface area contributed by atoms with Crippen LogP contribution < -0.4 is 5.32 Å². The fraction of sp³-hybridized carbons (Fsp3) is 1.00. The van der Waals surface area contributed by atoms with E-state index >= 15 is 0 Å². The van der Waals surface area contributed by atoms with Gasteiger partial charge in [0.05, 0.1) is 12.7 Å². The number of ether oxygens (including phenoxy) is 1. The van der Waals surface area contributed by atoms with Gasteiger partial charge < -0.3 is 10.1 Å². The molecule has 1 heterocycles. The Morgan fingerprint density at radius 3 is 2.77 bits per heavy atom. The first-order chi connectivity index (χ1) is 6.24. The fourth-order valence-corrected chi connectivity index (χ4v) is 2.64. The maximum absolute atomic E-state index is 5.75. The molecule has 78 valence electrons. The Morgan fingerprint density at radius 1 is 1.54 bits per heavy atom. The minimum atomic E-state index is 0.422. The summed E-state index contributed by atoms with van der Waals surface area (Å²) in [5.41, 5.74) is 0. The Morgan fingerprint density at radius 2 is 2.31 bits per heavy atom. The zero-order chi connectivity index (χ0) is 9.68. The molecule has 0 spiro atoms. The Hall–Kier alpha value is 0.270. The highest BCUT2D eigenvalue weighted by Crippen LogP contribution is 2.19. The topological polar surface area (TPSA) is 21.3 Å². The molecule has 0 aliphatic carbocycles. The van der Waals surface area contributed by atoms with E-state index in [0.717, 1.165) is 24.0 Å². The Balaban J connectivity index is 2.34. The van der Waals surface area contributed by atoms with Crippen molar-refractivity contribution in [1.29, 1.82) is 0 Å². The quantitative estimate of drug-likeness (QED) is 0.752. The third-order valence-corrected chi connectivity index (χ3v) is 3.41. The van der Waals surface area contributed by atoms with Gasteiger partial charge in [0.15, 0.2) is 0 Å². The third-order valence-electron chi connectivity index (χ3n) is 2.39. The van der Waals surface area contributed by atoms with Crippen LogP contribution in [0.15, 0.2) is 0 Å². The summed E-state index contributed by atoms with van der Waals surface area (Å²) >= 11 is 2.01. The lowest BCUT2D eigenvalue weighted by Gasteiger charge is -2.30. The van der Waals surface area contributed by atoms with Crippen LogP contribution in [0.1, 0.15) is 20.3 Å². The van der Waals surface area contributed by atoms with E-state index in [1.807, 2.05) is 18.8 Å². The van der Waals surface area contributed by atoms with Gasteiger partial charge in [-0.25, -0.2) is 0 Å². The van der Waals surface area contributed by atoms with E-state index < -0.39 is 0 Å². The summed E-state index contributed by atoms with van der Waals surface area (Å²) in [5.74, 6) is 3.06. The summed E-state index contributed by atoms with van der Waals surface area (Å²) in [6.07, 6.45) is 1.63. The number of nitrogens with one attached hydrogen (secondary N) is 1. The number of likely N-dealkylation sites (N-methyl/N-ethyl adjacent to an activating group) is 1. The standard InChI is InChI=1S/C10H21NOS/c1-8(2)6-9(11-3)10-7-13-5-4-12-10/h8-11H,4-7H2,1-3H3. The van der Waals surface area contributed by atoms with Crippen molar-refractivity contribution in [2.45, 2.75) is 32.4 Å². The van der Waals surface area contributed by atoms with Crippen LogP contribution in [0, 0.1) is 5.92 Å². The molecular formula is C10H21NOS. The Bertz CT molecular complexity index is 135. The molecule has 2 unspecified atom stereocenters. The molecule has 1 aliphatic rings. The van der Waals surface area contributed by atoms with Crippen molar-refractivity contribution >= 4 is 11.8 Å². The highest BCUT2D eigenvalue weighted by Gasteiger charge is 2.23. The van der Waals surface area contributed by atoms with E-state index in [2.05, 4.69) is 19.2 Å². The monoisotopic (exact) mass is 203 g/mol. The van der Waals surface area contributed by atoms with Gasteiger partial charge in [0.1, 0.15) is 0 Å². The smallest absolute Gasteiger partial charge is 0.0818 e. The second kappa shape index (κ2) is 5.89. The van der Waals surface area contributed by atoms with E-state index in [-0.39, 0.29) is 0 Å². The average molecular weight is 203 g/mol. The summed E-state index contributed by atoms with van der Waals surface area (Å²) in [6, 6.07) is 0.535. The second-order valence-electron chi connectivity index (χ2n) is 4.01. The number of hydrogen-bond donors (Lipinski definition) is 1. The SMILES string of the molecule is CNC(CC(C)C)C1CSCCO1. The highest BCUT2D eigenvalue weighted by atomic mass is 32.2. The molecule has 0 bridgehead atoms. The summed E-state index contributed by atoms with van der Waals surface area (Å²) in [6.45, 7) is 5.45. The van der Waals surface area contributed by atoms with Crippen LogP contribution in [0.4, 0.5) is 0 Å². The van der Waals surface area contributed by atoms with E-state index in [4.69, 9.17) is 4.74 Å². The molecular weight excluding hydrogens is 182 g/mol. The average Bonchev–Trinajstić information content (AvgIpc) is 2.15. The maximum Gasteiger partial charge on any atom is 0.0818 e. The molecule has 1 aliphatic heterocycles. The molecule has 0 aromatic heterocycles. The molecule has 1 fully saturated rings. The van der Waals surface area contributed by atoms with Crippen molar-refractivity contribution in [2.24, 2.45) is 5.92 Å². The summed E-state index contributed by atoms with van der Waals surface area (Å²) in [4.78, 5) is 0. The first kappa shape index (κ1) is 11.3. The van der Waals surface area contributed by atoms with Crippen LogP contribution in [0.5, 0.6) is 0 Å². The van der Waals surface area contributed by atoms with E-state index in [1.54, 1.807) is 0 Å².